The van der Waals surface area contributed by atoms with Crippen molar-refractivity contribution in [3.8, 4) is 0 Å². The highest BCUT2D eigenvalue weighted by molar-refractivity contribution is 5.82. The Hall–Kier alpha value is -3.11. The van der Waals surface area contributed by atoms with E-state index in [4.69, 9.17) is 9.47 Å². The van der Waals surface area contributed by atoms with Gasteiger partial charge in [0.25, 0.3) is 5.56 Å². The standard InChI is InChI=1S/C23H30N6O4/c1-4-33-23(31)16-8-10-28(11-9-16)20(21-25-26-27-29(21)12-13-32-3)18-14-17-7-5-6-15(2)19(17)24-22(18)30/h5-7,14,16,20H,4,8-13H2,1-3H3,(H,24,30)/t20-/m1/s1. The number of likely N-dealkylation sites (tertiary alicyclic amines) is 1. The average Bonchev–Trinajstić information content (AvgIpc) is 3.27. The highest BCUT2D eigenvalue weighted by atomic mass is 16.5. The van der Waals surface area contributed by atoms with Gasteiger partial charge in [-0.25, -0.2) is 4.68 Å². The maximum absolute atomic E-state index is 13.3. The van der Waals surface area contributed by atoms with E-state index >= 15 is 0 Å². The number of ether oxygens (including phenoxy) is 2. The first-order valence-electron chi connectivity index (χ1n) is 11.3. The van der Waals surface area contributed by atoms with Crippen LogP contribution in [0.1, 0.15) is 42.8 Å². The summed E-state index contributed by atoms with van der Waals surface area (Å²) in [4.78, 5) is 30.8. The van der Waals surface area contributed by atoms with E-state index in [1.165, 1.54) is 0 Å². The van der Waals surface area contributed by atoms with Gasteiger partial charge < -0.3 is 14.5 Å². The number of carbonyl (C=O) groups excluding carboxylic acids is 1. The van der Waals surface area contributed by atoms with E-state index in [1.807, 2.05) is 38.1 Å². The van der Waals surface area contributed by atoms with Gasteiger partial charge in [-0.15, -0.1) is 5.10 Å². The van der Waals surface area contributed by atoms with E-state index < -0.39 is 6.04 Å². The van der Waals surface area contributed by atoms with Crippen molar-refractivity contribution in [3.05, 3.63) is 51.6 Å². The van der Waals surface area contributed by atoms with Gasteiger partial charge in [-0.1, -0.05) is 18.2 Å². The van der Waals surface area contributed by atoms with Crippen molar-refractivity contribution in [2.45, 2.75) is 39.3 Å². The van der Waals surface area contributed by atoms with E-state index in [0.29, 0.717) is 57.1 Å². The number of rotatable bonds is 8. The summed E-state index contributed by atoms with van der Waals surface area (Å²) >= 11 is 0. The van der Waals surface area contributed by atoms with Crippen LogP contribution < -0.4 is 5.56 Å². The van der Waals surface area contributed by atoms with E-state index in [2.05, 4.69) is 25.4 Å². The van der Waals surface area contributed by atoms with Crippen LogP contribution in [-0.4, -0.2) is 69.5 Å². The summed E-state index contributed by atoms with van der Waals surface area (Å²) in [5.41, 5.74) is 2.24. The Morgan fingerprint density at radius 2 is 2.09 bits per heavy atom. The van der Waals surface area contributed by atoms with Crippen molar-refractivity contribution in [2.75, 3.05) is 33.4 Å². The molecule has 0 aliphatic carbocycles. The van der Waals surface area contributed by atoms with Gasteiger partial charge in [0, 0.05) is 25.8 Å². The molecule has 4 rings (SSSR count). The molecule has 3 aromatic rings. The number of aromatic amines is 1. The Kier molecular flexibility index (Phi) is 7.14. The molecule has 0 bridgehead atoms. The van der Waals surface area contributed by atoms with Crippen molar-refractivity contribution in [2.24, 2.45) is 5.92 Å². The SMILES string of the molecule is CCOC(=O)C1CCN([C@H](c2cc3cccc(C)c3[nH]c2=O)c2nnnn2CCOC)CC1. The average molecular weight is 455 g/mol. The van der Waals surface area contributed by atoms with Gasteiger partial charge >= 0.3 is 5.97 Å². The molecule has 1 aliphatic heterocycles. The number of hydrogen-bond donors (Lipinski definition) is 1. The van der Waals surface area contributed by atoms with Crippen LogP contribution in [0.25, 0.3) is 10.9 Å². The van der Waals surface area contributed by atoms with E-state index in [1.54, 1.807) is 11.8 Å². The number of nitrogens with zero attached hydrogens (tertiary/aromatic N) is 5. The third-order valence-electron chi connectivity index (χ3n) is 6.24. The number of methoxy groups -OCH3 is 1. The number of benzene rings is 1. The monoisotopic (exact) mass is 454 g/mol. The number of carbonyl (C=O) groups is 1. The summed E-state index contributed by atoms with van der Waals surface area (Å²) < 4.78 is 12.1. The molecule has 33 heavy (non-hydrogen) atoms. The summed E-state index contributed by atoms with van der Waals surface area (Å²) in [6.07, 6.45) is 1.30. The summed E-state index contributed by atoms with van der Waals surface area (Å²) in [5.74, 6) is 0.292. The number of nitrogens with one attached hydrogen (secondary N) is 1. The number of aryl methyl sites for hydroxylation is 1. The van der Waals surface area contributed by atoms with E-state index in [-0.39, 0.29) is 17.4 Å². The number of tetrazole rings is 1. The molecule has 2 aromatic heterocycles. The first-order chi connectivity index (χ1) is 16.0. The minimum absolute atomic E-state index is 0.135. The number of H-pyrrole nitrogens is 1. The lowest BCUT2D eigenvalue weighted by Gasteiger charge is -2.36. The second kappa shape index (κ2) is 10.2. The smallest absolute Gasteiger partial charge is 0.309 e. The second-order valence-corrected chi connectivity index (χ2v) is 8.31. The molecule has 3 heterocycles. The lowest BCUT2D eigenvalue weighted by molar-refractivity contribution is -0.149. The third kappa shape index (κ3) is 4.81. The van der Waals surface area contributed by atoms with Gasteiger partial charge in [-0.3, -0.25) is 14.5 Å². The van der Waals surface area contributed by atoms with Crippen LogP contribution in [0.15, 0.2) is 29.1 Å². The second-order valence-electron chi connectivity index (χ2n) is 8.31. The van der Waals surface area contributed by atoms with Crippen LogP contribution >= 0.6 is 0 Å². The fraction of sp³-hybridized carbons (Fsp3) is 0.522. The lowest BCUT2D eigenvalue weighted by Crippen LogP contribution is -2.42. The first kappa shape index (κ1) is 23.1. The Morgan fingerprint density at radius 1 is 1.30 bits per heavy atom. The Labute approximate surface area is 191 Å². The zero-order valence-corrected chi connectivity index (χ0v) is 19.3. The van der Waals surface area contributed by atoms with Gasteiger partial charge in [0.2, 0.25) is 0 Å². The van der Waals surface area contributed by atoms with E-state index in [0.717, 1.165) is 16.5 Å². The molecule has 1 aliphatic rings. The Balaban J connectivity index is 1.73. The highest BCUT2D eigenvalue weighted by Crippen LogP contribution is 2.31. The molecule has 1 aromatic carbocycles. The van der Waals surface area contributed by atoms with Crippen LogP contribution in [0.4, 0.5) is 0 Å². The molecule has 10 nitrogen and oxygen atoms in total. The molecule has 0 radical (unpaired) electrons. The molecule has 0 spiro atoms. The van der Waals surface area contributed by atoms with Gasteiger partial charge in [0.15, 0.2) is 5.82 Å². The van der Waals surface area contributed by atoms with Gasteiger partial charge in [0.05, 0.1) is 31.2 Å². The minimum Gasteiger partial charge on any atom is -0.466 e. The third-order valence-corrected chi connectivity index (χ3v) is 6.24. The molecule has 1 atom stereocenters. The maximum Gasteiger partial charge on any atom is 0.309 e. The largest absolute Gasteiger partial charge is 0.466 e. The predicted molar refractivity (Wildman–Crippen MR) is 122 cm³/mol. The van der Waals surface area contributed by atoms with Crippen LogP contribution in [-0.2, 0) is 20.8 Å². The zero-order chi connectivity index (χ0) is 23.4. The molecular weight excluding hydrogens is 424 g/mol. The normalized spacial score (nSPS) is 16.2. The highest BCUT2D eigenvalue weighted by Gasteiger charge is 2.35. The lowest BCUT2D eigenvalue weighted by atomic mass is 9.93. The number of para-hydroxylation sites is 1. The summed E-state index contributed by atoms with van der Waals surface area (Å²) in [5, 5.41) is 13.3. The van der Waals surface area contributed by atoms with Crippen LogP contribution in [0.3, 0.4) is 0 Å². The van der Waals surface area contributed by atoms with Crippen molar-refractivity contribution in [1.82, 2.24) is 30.1 Å². The Bertz CT molecular complexity index is 1170. The number of fused-ring (bicyclic) bond motifs is 1. The summed E-state index contributed by atoms with van der Waals surface area (Å²) in [7, 11) is 1.62. The van der Waals surface area contributed by atoms with Crippen molar-refractivity contribution < 1.29 is 14.3 Å². The molecule has 1 N–H and O–H groups in total. The molecule has 1 fully saturated rings. The van der Waals surface area contributed by atoms with Crippen LogP contribution in [0.5, 0.6) is 0 Å². The maximum atomic E-state index is 13.3. The van der Waals surface area contributed by atoms with Crippen molar-refractivity contribution in [1.29, 1.82) is 0 Å². The molecule has 1 saturated heterocycles. The molecule has 0 unspecified atom stereocenters. The predicted octanol–water partition coefficient (Wildman–Crippen LogP) is 1.83. The molecule has 176 valence electrons. The number of hydrogen-bond acceptors (Lipinski definition) is 8. The molecule has 10 heteroatoms. The summed E-state index contributed by atoms with van der Waals surface area (Å²) in [6, 6.07) is 7.41. The van der Waals surface area contributed by atoms with Gasteiger partial charge in [0.1, 0.15) is 6.04 Å². The molecule has 0 amide bonds. The fourth-order valence-corrected chi connectivity index (χ4v) is 4.50. The molecule has 0 saturated carbocycles. The van der Waals surface area contributed by atoms with Crippen LogP contribution in [0.2, 0.25) is 0 Å². The number of aromatic nitrogens is 5. The van der Waals surface area contributed by atoms with Crippen molar-refractivity contribution in [3.63, 3.8) is 0 Å². The quantitative estimate of drug-likeness (QED) is 0.513. The summed E-state index contributed by atoms with van der Waals surface area (Å²) in [6.45, 7) is 6.33. The number of piperidine rings is 1. The minimum atomic E-state index is -0.450. The number of esters is 1. The van der Waals surface area contributed by atoms with Gasteiger partial charge in [-0.05, 0) is 54.1 Å². The topological polar surface area (TPSA) is 115 Å². The van der Waals surface area contributed by atoms with Crippen LogP contribution in [0, 0.1) is 12.8 Å². The fourth-order valence-electron chi connectivity index (χ4n) is 4.50. The first-order valence-corrected chi connectivity index (χ1v) is 11.3. The molecular formula is C23H30N6O4. The van der Waals surface area contributed by atoms with E-state index in [9.17, 15) is 9.59 Å². The Morgan fingerprint density at radius 3 is 2.82 bits per heavy atom. The van der Waals surface area contributed by atoms with Gasteiger partial charge in [-0.2, -0.15) is 0 Å². The number of pyridine rings is 1. The van der Waals surface area contributed by atoms with Crippen molar-refractivity contribution >= 4 is 16.9 Å². The zero-order valence-electron chi connectivity index (χ0n) is 19.3.